The van der Waals surface area contributed by atoms with Gasteiger partial charge in [-0.15, -0.1) is 5.75 Å². The van der Waals surface area contributed by atoms with Gasteiger partial charge in [-0.05, 0) is 12.1 Å². The molecule has 0 radical (unpaired) electrons. The Morgan fingerprint density at radius 1 is 1.20 bits per heavy atom. The number of aliphatic carboxylic acids is 1. The second kappa shape index (κ2) is 4.80. The maximum Gasteiger partial charge on any atom is 0.328 e. The van der Waals surface area contributed by atoms with E-state index in [1.54, 1.807) is 0 Å². The largest absolute Gasteiger partial charge is 0.872 e. The lowest BCUT2D eigenvalue weighted by atomic mass is 10.3. The van der Waals surface area contributed by atoms with Crippen LogP contribution < -0.4 is 10.4 Å². The first-order valence-corrected chi connectivity index (χ1v) is 4.07. The highest BCUT2D eigenvalue weighted by Crippen LogP contribution is 2.11. The van der Waals surface area contributed by atoms with Gasteiger partial charge in [0.15, 0.2) is 0 Å². The summed E-state index contributed by atoms with van der Waals surface area (Å²) in [5, 5.41) is 21.4. The molecule has 0 aromatic heterocycles. The summed E-state index contributed by atoms with van der Waals surface area (Å²) in [5.74, 6) is -1.91. The van der Waals surface area contributed by atoms with Crippen LogP contribution in [-0.2, 0) is 9.59 Å². The summed E-state index contributed by atoms with van der Waals surface area (Å²) in [4.78, 5) is 21.2. The summed E-state index contributed by atoms with van der Waals surface area (Å²) in [6.45, 7) is 0. The molecular weight excluding hydrogens is 198 g/mol. The average Bonchev–Trinajstić information content (AvgIpc) is 2.19. The second-order valence-corrected chi connectivity index (χ2v) is 2.69. The number of hydrogen-bond acceptors (Lipinski definition) is 3. The monoisotopic (exact) mass is 206 g/mol. The van der Waals surface area contributed by atoms with Crippen LogP contribution in [0.3, 0.4) is 0 Å². The van der Waals surface area contributed by atoms with Crippen molar-refractivity contribution in [3.05, 3.63) is 36.4 Å². The highest BCUT2D eigenvalue weighted by Gasteiger charge is 1.97. The second-order valence-electron chi connectivity index (χ2n) is 2.69. The first kappa shape index (κ1) is 10.8. The highest BCUT2D eigenvalue weighted by molar-refractivity contribution is 6.02. The molecule has 0 fully saturated rings. The predicted octanol–water partition coefficient (Wildman–Crippen LogP) is 0.339. The van der Waals surface area contributed by atoms with Crippen LogP contribution >= 0.6 is 0 Å². The third-order valence-corrected chi connectivity index (χ3v) is 1.50. The maximum absolute atomic E-state index is 11.1. The zero-order valence-corrected chi connectivity index (χ0v) is 7.64. The van der Waals surface area contributed by atoms with Gasteiger partial charge in [0.25, 0.3) is 0 Å². The Bertz CT molecular complexity index is 394. The van der Waals surface area contributed by atoms with Crippen LogP contribution in [0.25, 0.3) is 0 Å². The van der Waals surface area contributed by atoms with Crippen LogP contribution in [0.1, 0.15) is 0 Å². The number of nitrogens with one attached hydrogen (secondary N) is 1. The summed E-state index contributed by atoms with van der Waals surface area (Å²) in [6, 6.07) is 5.48. The number of carboxylic acids is 1. The van der Waals surface area contributed by atoms with Gasteiger partial charge in [0.1, 0.15) is 0 Å². The van der Waals surface area contributed by atoms with Crippen molar-refractivity contribution in [2.75, 3.05) is 5.32 Å². The molecule has 5 nitrogen and oxygen atoms in total. The first-order chi connectivity index (χ1) is 7.08. The normalized spacial score (nSPS) is 10.1. The van der Waals surface area contributed by atoms with Crippen LogP contribution in [0.5, 0.6) is 5.75 Å². The number of carboxylic acid groups (broad SMARTS) is 1. The van der Waals surface area contributed by atoms with E-state index in [1.165, 1.54) is 24.3 Å². The van der Waals surface area contributed by atoms with E-state index in [0.717, 1.165) is 12.2 Å². The van der Waals surface area contributed by atoms with Crippen molar-refractivity contribution < 1.29 is 19.8 Å². The van der Waals surface area contributed by atoms with Gasteiger partial charge >= 0.3 is 5.97 Å². The average molecular weight is 206 g/mol. The Balaban J connectivity index is 2.59. The lowest BCUT2D eigenvalue weighted by Gasteiger charge is -2.06. The molecule has 0 aliphatic carbocycles. The van der Waals surface area contributed by atoms with Crippen molar-refractivity contribution in [1.29, 1.82) is 0 Å². The van der Waals surface area contributed by atoms with Gasteiger partial charge in [0.05, 0.1) is 0 Å². The summed E-state index contributed by atoms with van der Waals surface area (Å²) in [6.07, 6.45) is 1.63. The van der Waals surface area contributed by atoms with Crippen molar-refractivity contribution in [3.63, 3.8) is 0 Å². The lowest BCUT2D eigenvalue weighted by molar-refractivity contribution is -0.268. The molecule has 0 heterocycles. The molecule has 78 valence electrons. The molecular formula is C10H8NO4-. The zero-order chi connectivity index (χ0) is 11.3. The number of hydrogen-bond donors (Lipinski definition) is 2. The van der Waals surface area contributed by atoms with E-state index < -0.39 is 11.9 Å². The quantitative estimate of drug-likeness (QED) is 0.698. The van der Waals surface area contributed by atoms with Crippen molar-refractivity contribution in [2.45, 2.75) is 0 Å². The molecule has 5 heteroatoms. The fraction of sp³-hybridized carbons (Fsp3) is 0. The van der Waals surface area contributed by atoms with Crippen LogP contribution in [0.15, 0.2) is 36.4 Å². The minimum Gasteiger partial charge on any atom is -0.872 e. The topological polar surface area (TPSA) is 89.5 Å². The highest BCUT2D eigenvalue weighted by atomic mass is 16.4. The zero-order valence-electron chi connectivity index (χ0n) is 7.64. The van der Waals surface area contributed by atoms with Gasteiger partial charge in [0, 0.05) is 17.8 Å². The number of carbonyl (C=O) groups is 2. The van der Waals surface area contributed by atoms with Crippen molar-refractivity contribution in [2.24, 2.45) is 0 Å². The van der Waals surface area contributed by atoms with Crippen LogP contribution in [0.4, 0.5) is 5.69 Å². The van der Waals surface area contributed by atoms with Crippen molar-refractivity contribution in [1.82, 2.24) is 0 Å². The summed E-state index contributed by atoms with van der Waals surface area (Å²) < 4.78 is 0. The summed E-state index contributed by atoms with van der Waals surface area (Å²) in [5.41, 5.74) is 0.439. The summed E-state index contributed by atoms with van der Waals surface area (Å²) in [7, 11) is 0. The molecule has 0 aliphatic heterocycles. The Labute approximate surface area is 85.7 Å². The minimum atomic E-state index is -1.19. The third kappa shape index (κ3) is 3.95. The number of rotatable bonds is 3. The molecule has 1 aromatic rings. The van der Waals surface area contributed by atoms with E-state index in [1.807, 2.05) is 0 Å². The first-order valence-electron chi connectivity index (χ1n) is 4.07. The molecule has 0 aliphatic rings. The number of amides is 1. The fourth-order valence-electron chi connectivity index (χ4n) is 0.869. The fourth-order valence-corrected chi connectivity index (χ4v) is 0.869. The molecule has 15 heavy (non-hydrogen) atoms. The molecule has 0 saturated carbocycles. The Morgan fingerprint density at radius 2 is 1.80 bits per heavy atom. The number of carbonyl (C=O) groups excluding carboxylic acids is 1. The molecule has 0 atom stereocenters. The number of benzene rings is 1. The molecule has 1 rings (SSSR count). The lowest BCUT2D eigenvalue weighted by Crippen LogP contribution is -2.08. The van der Waals surface area contributed by atoms with Crippen LogP contribution in [0.2, 0.25) is 0 Å². The van der Waals surface area contributed by atoms with E-state index in [9.17, 15) is 14.7 Å². The maximum atomic E-state index is 11.1. The van der Waals surface area contributed by atoms with E-state index in [4.69, 9.17) is 5.11 Å². The van der Waals surface area contributed by atoms with Gasteiger partial charge in [-0.1, -0.05) is 12.1 Å². The third-order valence-electron chi connectivity index (χ3n) is 1.50. The molecule has 0 unspecified atom stereocenters. The predicted molar refractivity (Wildman–Crippen MR) is 51.3 cm³/mol. The van der Waals surface area contributed by atoms with Gasteiger partial charge < -0.3 is 15.5 Å². The molecule has 1 aromatic carbocycles. The molecule has 1 amide bonds. The van der Waals surface area contributed by atoms with E-state index in [2.05, 4.69) is 5.32 Å². The standard InChI is InChI=1S/C10H9NO4/c12-8-3-1-7(2-4-8)11-9(13)5-6-10(14)15/h1-6,12H,(H,11,13)(H,14,15)/p-1/b6-5+. The van der Waals surface area contributed by atoms with E-state index in [0.29, 0.717) is 5.69 Å². The smallest absolute Gasteiger partial charge is 0.328 e. The molecule has 2 N–H and O–H groups in total. The Morgan fingerprint density at radius 3 is 2.33 bits per heavy atom. The SMILES string of the molecule is O=C(O)/C=C/C(=O)Nc1ccc([O-])cc1. The van der Waals surface area contributed by atoms with Crippen LogP contribution in [-0.4, -0.2) is 17.0 Å². The number of anilines is 1. The van der Waals surface area contributed by atoms with Gasteiger partial charge in [-0.25, -0.2) is 4.79 Å². The van der Waals surface area contributed by atoms with Crippen LogP contribution in [0, 0.1) is 0 Å². The molecule has 0 bridgehead atoms. The van der Waals surface area contributed by atoms with E-state index >= 15 is 0 Å². The summed E-state index contributed by atoms with van der Waals surface area (Å²) >= 11 is 0. The Kier molecular flexibility index (Phi) is 3.45. The molecule has 0 saturated heterocycles. The van der Waals surface area contributed by atoms with Crippen molar-refractivity contribution >= 4 is 17.6 Å². The molecule has 0 spiro atoms. The Hall–Kier alpha value is -2.30. The minimum absolute atomic E-state index is 0.158. The van der Waals surface area contributed by atoms with Gasteiger partial charge in [-0.3, -0.25) is 4.79 Å². The van der Waals surface area contributed by atoms with Crippen molar-refractivity contribution in [3.8, 4) is 5.75 Å². The van der Waals surface area contributed by atoms with Gasteiger partial charge in [0.2, 0.25) is 5.91 Å². The van der Waals surface area contributed by atoms with E-state index in [-0.39, 0.29) is 5.75 Å². The van der Waals surface area contributed by atoms with Gasteiger partial charge in [-0.2, -0.15) is 0 Å².